The van der Waals surface area contributed by atoms with Crippen LogP contribution in [-0.2, 0) is 42.2 Å². The van der Waals surface area contributed by atoms with Crippen LogP contribution in [-0.4, -0.2) is 83.5 Å². The Morgan fingerprint density at radius 3 is 2.34 bits per heavy atom. The van der Waals surface area contributed by atoms with E-state index in [1.807, 2.05) is 31.2 Å². The van der Waals surface area contributed by atoms with Crippen molar-refractivity contribution in [3.05, 3.63) is 35.4 Å². The van der Waals surface area contributed by atoms with Crippen molar-refractivity contribution in [1.29, 1.82) is 0 Å². The molecule has 15 heteroatoms. The Morgan fingerprint density at radius 1 is 1.11 bits per heavy atom. The fourth-order valence-electron chi connectivity index (χ4n) is 6.61. The van der Waals surface area contributed by atoms with E-state index in [-0.39, 0.29) is 38.1 Å². The number of sulfonamides is 1. The highest BCUT2D eigenvalue weighted by Crippen LogP contribution is 2.47. The van der Waals surface area contributed by atoms with Gasteiger partial charge in [-0.25, -0.2) is 22.0 Å². The summed E-state index contributed by atoms with van der Waals surface area (Å²) in [4.78, 5) is 56.5. The quantitative estimate of drug-likeness (QED) is 0.269. The van der Waals surface area contributed by atoms with Crippen molar-refractivity contribution in [2.45, 2.75) is 126 Å². The largest absolute Gasteiger partial charge is 0.444 e. The molecule has 5 rings (SSSR count). The van der Waals surface area contributed by atoms with Gasteiger partial charge in [0.2, 0.25) is 27.8 Å². The van der Waals surface area contributed by atoms with E-state index in [1.165, 1.54) is 4.90 Å². The smallest absolute Gasteiger partial charge is 0.410 e. The van der Waals surface area contributed by atoms with Crippen LogP contribution < -0.4 is 15.8 Å². The molecular weight excluding hydrogens is 636 g/mol. The molecule has 1 saturated heterocycles. The number of halogens is 2. The average Bonchev–Trinajstić information content (AvgIpc) is 3.92. The van der Waals surface area contributed by atoms with Crippen molar-refractivity contribution in [3.63, 3.8) is 0 Å². The second kappa shape index (κ2) is 13.7. The van der Waals surface area contributed by atoms with Crippen LogP contribution in [0.5, 0.6) is 0 Å². The van der Waals surface area contributed by atoms with Crippen LogP contribution in [0.2, 0.25) is 0 Å². The lowest BCUT2D eigenvalue weighted by molar-refractivity contribution is -0.141. The SMILES string of the molecule is CCCCC(F)(F)CC[C@H](N)C(=O)N1C[C@H](OC(=O)N2Cc3ccccc3C2)C[C@H]1C(=O)N[C@]1(C(=O)NS(=O)(=O)C2CC2)C[C@H]1CC. The molecule has 2 aliphatic heterocycles. The van der Waals surface area contributed by atoms with E-state index in [2.05, 4.69) is 10.0 Å². The average molecular weight is 682 g/mol. The molecule has 5 atom stereocenters. The third kappa shape index (κ3) is 7.87. The minimum Gasteiger partial charge on any atom is -0.444 e. The first-order chi connectivity index (χ1) is 22.2. The maximum atomic E-state index is 14.4. The van der Waals surface area contributed by atoms with E-state index in [0.29, 0.717) is 45.2 Å². The summed E-state index contributed by atoms with van der Waals surface area (Å²) < 4.78 is 61.7. The van der Waals surface area contributed by atoms with Crippen LogP contribution in [0.15, 0.2) is 24.3 Å². The lowest BCUT2D eigenvalue weighted by atomic mass is 10.0. The van der Waals surface area contributed by atoms with Crippen LogP contribution in [0.1, 0.15) is 89.2 Å². The number of rotatable bonds is 14. The number of nitrogens with one attached hydrogen (secondary N) is 2. The highest BCUT2D eigenvalue weighted by atomic mass is 32.2. The van der Waals surface area contributed by atoms with Crippen molar-refractivity contribution >= 4 is 33.8 Å². The number of nitrogens with zero attached hydrogens (tertiary/aromatic N) is 2. The summed E-state index contributed by atoms with van der Waals surface area (Å²) in [6, 6.07) is 5.00. The van der Waals surface area contributed by atoms with Crippen LogP contribution in [0.4, 0.5) is 13.6 Å². The molecule has 4 aliphatic rings. The third-order valence-corrected chi connectivity index (χ3v) is 11.6. The molecule has 0 unspecified atom stereocenters. The van der Waals surface area contributed by atoms with Gasteiger partial charge in [0.15, 0.2) is 0 Å². The number of likely N-dealkylation sites (tertiary alicyclic amines) is 1. The molecule has 2 heterocycles. The lowest BCUT2D eigenvalue weighted by Gasteiger charge is -2.29. The van der Waals surface area contributed by atoms with E-state index in [9.17, 15) is 36.4 Å². The first-order valence-corrected chi connectivity index (χ1v) is 18.1. The maximum Gasteiger partial charge on any atom is 0.410 e. The molecule has 12 nitrogen and oxygen atoms in total. The van der Waals surface area contributed by atoms with Gasteiger partial charge in [-0.1, -0.05) is 51.0 Å². The minimum absolute atomic E-state index is 0.113. The molecular formula is C32H45F2N5O7S. The molecule has 4 amide bonds. The Balaban J connectivity index is 1.29. The summed E-state index contributed by atoms with van der Waals surface area (Å²) in [7, 11) is -3.88. The number of hydrogen-bond donors (Lipinski definition) is 3. The molecule has 2 saturated carbocycles. The van der Waals surface area contributed by atoms with Crippen LogP contribution in [0, 0.1) is 5.92 Å². The summed E-state index contributed by atoms with van der Waals surface area (Å²) in [6.07, 6.45) is -0.374. The molecule has 0 radical (unpaired) electrons. The Hall–Kier alpha value is -3.33. The molecule has 47 heavy (non-hydrogen) atoms. The molecule has 1 aromatic rings. The van der Waals surface area contributed by atoms with Gasteiger partial charge in [-0.05, 0) is 49.1 Å². The zero-order chi connectivity index (χ0) is 34.1. The van der Waals surface area contributed by atoms with Crippen molar-refractivity contribution in [3.8, 4) is 0 Å². The lowest BCUT2D eigenvalue weighted by Crippen LogP contribution is -2.57. The van der Waals surface area contributed by atoms with E-state index >= 15 is 0 Å². The summed E-state index contributed by atoms with van der Waals surface area (Å²) in [5.74, 6) is -5.64. The van der Waals surface area contributed by atoms with E-state index in [0.717, 1.165) is 16.0 Å². The molecule has 1 aromatic carbocycles. The number of carbonyl (C=O) groups is 4. The van der Waals surface area contributed by atoms with Crippen molar-refractivity contribution < 1.29 is 41.1 Å². The number of nitrogens with two attached hydrogens (primary N) is 1. The fraction of sp³-hybridized carbons (Fsp3) is 0.688. The molecule has 2 aliphatic carbocycles. The molecule has 3 fully saturated rings. The second-order valence-electron chi connectivity index (χ2n) is 13.4. The van der Waals surface area contributed by atoms with E-state index < -0.39 is 75.2 Å². The summed E-state index contributed by atoms with van der Waals surface area (Å²) in [5.41, 5.74) is 6.60. The highest BCUT2D eigenvalue weighted by Gasteiger charge is 2.62. The zero-order valence-electron chi connectivity index (χ0n) is 26.9. The fourth-order valence-corrected chi connectivity index (χ4v) is 7.98. The van der Waals surface area contributed by atoms with Crippen molar-refractivity contribution in [1.82, 2.24) is 19.8 Å². The van der Waals surface area contributed by atoms with E-state index in [1.54, 1.807) is 6.92 Å². The van der Waals surface area contributed by atoms with Gasteiger partial charge >= 0.3 is 6.09 Å². The second-order valence-corrected chi connectivity index (χ2v) is 15.4. The van der Waals surface area contributed by atoms with Crippen molar-refractivity contribution in [2.24, 2.45) is 11.7 Å². The van der Waals surface area contributed by atoms with Gasteiger partial charge in [-0.3, -0.25) is 24.0 Å². The number of unbranched alkanes of at least 4 members (excludes halogenated alkanes) is 1. The number of hydrogen-bond acceptors (Lipinski definition) is 8. The number of benzene rings is 1. The third-order valence-electron chi connectivity index (χ3n) is 9.80. The van der Waals surface area contributed by atoms with Gasteiger partial charge in [-0.2, -0.15) is 0 Å². The van der Waals surface area contributed by atoms with Gasteiger partial charge in [0.05, 0.1) is 17.8 Å². The molecule has 260 valence electrons. The molecule has 0 bridgehead atoms. The summed E-state index contributed by atoms with van der Waals surface area (Å²) in [6.45, 7) is 4.10. The number of fused-ring (bicyclic) bond motifs is 1. The number of ether oxygens (including phenoxy) is 1. The molecule has 0 spiro atoms. The number of carbonyl (C=O) groups excluding carboxylic acids is 4. The van der Waals surface area contributed by atoms with E-state index in [4.69, 9.17) is 10.5 Å². The Kier molecular flexibility index (Phi) is 10.2. The van der Waals surface area contributed by atoms with Crippen LogP contribution >= 0.6 is 0 Å². The topological polar surface area (TPSA) is 168 Å². The van der Waals surface area contributed by atoms with Gasteiger partial charge < -0.3 is 20.7 Å². The van der Waals surface area contributed by atoms with Gasteiger partial charge in [0.1, 0.15) is 17.7 Å². The number of amides is 4. The zero-order valence-corrected chi connectivity index (χ0v) is 27.7. The van der Waals surface area contributed by atoms with Gasteiger partial charge in [0, 0.05) is 32.4 Å². The molecule has 4 N–H and O–H groups in total. The minimum atomic E-state index is -3.88. The highest BCUT2D eigenvalue weighted by molar-refractivity contribution is 7.91. The predicted molar refractivity (Wildman–Crippen MR) is 167 cm³/mol. The summed E-state index contributed by atoms with van der Waals surface area (Å²) >= 11 is 0. The Bertz CT molecular complexity index is 1460. The Morgan fingerprint density at radius 2 is 1.77 bits per heavy atom. The first-order valence-electron chi connectivity index (χ1n) is 16.5. The molecule has 0 aromatic heterocycles. The summed E-state index contributed by atoms with van der Waals surface area (Å²) in [5, 5.41) is 2.07. The Labute approximate surface area is 274 Å². The standard InChI is InChI=1S/C32H45F2N5O7S/c1-3-5-13-31(33,34)14-12-25(35)28(41)39-19-23(46-30(43)38-17-20-8-6-7-9-21(20)18-38)15-26(39)27(40)36-32(16-22(32)4-2)29(42)37-47(44,45)24-10-11-24/h6-9,22-26H,3-5,10-19,35H2,1-2H3,(H,36,40)(H,37,42)/t22-,23-,25+,26+,32-/m1/s1. The first kappa shape index (κ1) is 35.0. The van der Waals surface area contributed by atoms with Crippen LogP contribution in [0.25, 0.3) is 0 Å². The van der Waals surface area contributed by atoms with Gasteiger partial charge in [0.25, 0.3) is 5.91 Å². The monoisotopic (exact) mass is 681 g/mol. The van der Waals surface area contributed by atoms with Gasteiger partial charge in [-0.15, -0.1) is 0 Å². The maximum absolute atomic E-state index is 14.4. The number of alkyl halides is 2. The van der Waals surface area contributed by atoms with Crippen molar-refractivity contribution in [2.75, 3.05) is 6.54 Å². The predicted octanol–water partition coefficient (Wildman–Crippen LogP) is 2.93. The normalized spacial score (nSPS) is 26.0. The van der Waals surface area contributed by atoms with Crippen LogP contribution in [0.3, 0.4) is 0 Å².